The molecule has 0 spiro atoms. The van der Waals surface area contributed by atoms with Crippen molar-refractivity contribution in [2.45, 2.75) is 57.8 Å². The van der Waals surface area contributed by atoms with Crippen LogP contribution in [-0.4, -0.2) is 22.9 Å². The number of carbonyl (C=O) groups is 1. The maximum Gasteiger partial charge on any atom is 0.220 e. The summed E-state index contributed by atoms with van der Waals surface area (Å²) < 4.78 is 0. The highest BCUT2D eigenvalue weighted by atomic mass is 16.2. The number of amides is 1. The van der Waals surface area contributed by atoms with Crippen LogP contribution in [-0.2, 0) is 11.3 Å². The fourth-order valence-corrected chi connectivity index (χ4v) is 4.21. The quantitative estimate of drug-likeness (QED) is 0.820. The van der Waals surface area contributed by atoms with Crippen molar-refractivity contribution in [2.75, 3.05) is 4.90 Å². The van der Waals surface area contributed by atoms with Crippen LogP contribution >= 0.6 is 0 Å². The van der Waals surface area contributed by atoms with Crippen molar-refractivity contribution in [2.24, 2.45) is 0 Å². The van der Waals surface area contributed by atoms with E-state index in [0.29, 0.717) is 12.1 Å². The lowest BCUT2D eigenvalue weighted by Gasteiger charge is -2.44. The Morgan fingerprint density at radius 2 is 1.76 bits per heavy atom. The van der Waals surface area contributed by atoms with E-state index in [1.54, 1.807) is 6.92 Å². The molecule has 0 radical (unpaired) electrons. The number of benzene rings is 2. The molecule has 1 heterocycles. The molecule has 1 amide bonds. The second-order valence-electron chi connectivity index (χ2n) is 7.43. The van der Waals surface area contributed by atoms with Crippen LogP contribution in [0.4, 0.5) is 5.69 Å². The molecule has 3 nitrogen and oxygen atoms in total. The zero-order valence-corrected chi connectivity index (χ0v) is 15.1. The van der Waals surface area contributed by atoms with Crippen molar-refractivity contribution in [3.63, 3.8) is 0 Å². The van der Waals surface area contributed by atoms with Crippen LogP contribution in [0.3, 0.4) is 0 Å². The van der Waals surface area contributed by atoms with E-state index < -0.39 is 0 Å². The van der Waals surface area contributed by atoms with Crippen LogP contribution in [0, 0.1) is 0 Å². The van der Waals surface area contributed by atoms with Crippen molar-refractivity contribution in [1.82, 2.24) is 4.90 Å². The molecule has 0 aromatic heterocycles. The number of hydrogen-bond acceptors (Lipinski definition) is 2. The fraction of sp³-hybridized carbons (Fsp3) is 0.409. The van der Waals surface area contributed by atoms with Gasteiger partial charge in [0, 0.05) is 31.2 Å². The van der Waals surface area contributed by atoms with Crippen molar-refractivity contribution >= 4 is 11.6 Å². The Morgan fingerprint density at radius 3 is 2.44 bits per heavy atom. The van der Waals surface area contributed by atoms with Gasteiger partial charge in [0.25, 0.3) is 0 Å². The smallest absolute Gasteiger partial charge is 0.220 e. The van der Waals surface area contributed by atoms with E-state index in [0.717, 1.165) is 25.8 Å². The minimum absolute atomic E-state index is 0.211. The molecule has 25 heavy (non-hydrogen) atoms. The maximum absolute atomic E-state index is 12.3. The van der Waals surface area contributed by atoms with Gasteiger partial charge in [0.1, 0.15) is 0 Å². The topological polar surface area (TPSA) is 23.6 Å². The normalized spacial score (nSPS) is 22.4. The molecule has 1 aliphatic heterocycles. The van der Waals surface area contributed by atoms with E-state index in [-0.39, 0.29) is 11.9 Å². The number of rotatable bonds is 4. The van der Waals surface area contributed by atoms with Gasteiger partial charge in [-0.15, -0.1) is 0 Å². The van der Waals surface area contributed by atoms with E-state index in [2.05, 4.69) is 71.3 Å². The first-order valence-electron chi connectivity index (χ1n) is 9.33. The minimum Gasteiger partial charge on any atom is -0.364 e. The Kier molecular flexibility index (Phi) is 4.24. The summed E-state index contributed by atoms with van der Waals surface area (Å²) >= 11 is 0. The number of fused-ring (bicyclic) bond motifs is 1. The van der Waals surface area contributed by atoms with Gasteiger partial charge in [0.05, 0.1) is 6.04 Å². The number of anilines is 1. The van der Waals surface area contributed by atoms with Crippen LogP contribution in [0.5, 0.6) is 0 Å². The third-order valence-electron chi connectivity index (χ3n) is 5.54. The van der Waals surface area contributed by atoms with E-state index >= 15 is 0 Å². The summed E-state index contributed by atoms with van der Waals surface area (Å²) in [4.78, 5) is 17.0. The molecule has 1 fully saturated rings. The van der Waals surface area contributed by atoms with E-state index in [1.807, 2.05) is 0 Å². The van der Waals surface area contributed by atoms with Crippen LogP contribution in [0.2, 0.25) is 0 Å². The number of carbonyl (C=O) groups excluding carboxylic acids is 1. The molecule has 1 saturated carbocycles. The average Bonchev–Trinajstić information content (AvgIpc) is 3.44. The van der Waals surface area contributed by atoms with Gasteiger partial charge in [0.15, 0.2) is 0 Å². The number of nitrogens with zero attached hydrogens (tertiary/aromatic N) is 2. The summed E-state index contributed by atoms with van der Waals surface area (Å²) in [7, 11) is 0. The standard InChI is InChI=1S/C22H26N2O/c1-16-14-22(24(17(2)25)19-12-13-19)20-10-6-7-11-21(20)23(16)15-18-8-4-3-5-9-18/h3-11,16,19,22H,12-15H2,1-2H3/t16-,22+/m1/s1. The Hall–Kier alpha value is -2.29. The first kappa shape index (κ1) is 16.2. The van der Waals surface area contributed by atoms with Gasteiger partial charge in [-0.05, 0) is 43.4 Å². The second-order valence-corrected chi connectivity index (χ2v) is 7.43. The third kappa shape index (κ3) is 3.15. The molecule has 4 rings (SSSR count). The fourth-order valence-electron chi connectivity index (χ4n) is 4.21. The van der Waals surface area contributed by atoms with Gasteiger partial charge in [-0.25, -0.2) is 0 Å². The van der Waals surface area contributed by atoms with Gasteiger partial charge < -0.3 is 9.80 Å². The first-order valence-corrected chi connectivity index (χ1v) is 9.33. The predicted octanol–water partition coefficient (Wildman–Crippen LogP) is 4.54. The third-order valence-corrected chi connectivity index (χ3v) is 5.54. The second kappa shape index (κ2) is 6.55. The lowest BCUT2D eigenvalue weighted by molar-refractivity contribution is -0.132. The first-order chi connectivity index (χ1) is 12.1. The van der Waals surface area contributed by atoms with Gasteiger partial charge in [-0.1, -0.05) is 48.5 Å². The van der Waals surface area contributed by atoms with Crippen molar-refractivity contribution < 1.29 is 4.79 Å². The lowest BCUT2D eigenvalue weighted by atomic mass is 9.90. The zero-order valence-electron chi connectivity index (χ0n) is 15.1. The van der Waals surface area contributed by atoms with Crippen molar-refractivity contribution in [3.05, 3.63) is 65.7 Å². The van der Waals surface area contributed by atoms with Gasteiger partial charge in [-0.2, -0.15) is 0 Å². The van der Waals surface area contributed by atoms with Crippen molar-refractivity contribution in [3.8, 4) is 0 Å². The zero-order chi connectivity index (χ0) is 17.4. The molecule has 2 aromatic carbocycles. The molecule has 0 N–H and O–H groups in total. The van der Waals surface area contributed by atoms with E-state index in [4.69, 9.17) is 0 Å². The molecule has 1 aliphatic carbocycles. The summed E-state index contributed by atoms with van der Waals surface area (Å²) in [5.41, 5.74) is 3.91. The average molecular weight is 334 g/mol. The molecule has 2 aromatic rings. The molecular formula is C22H26N2O. The minimum atomic E-state index is 0.211. The molecule has 130 valence electrons. The summed E-state index contributed by atoms with van der Waals surface area (Å²) in [6.07, 6.45) is 3.31. The molecule has 2 atom stereocenters. The monoisotopic (exact) mass is 334 g/mol. The Morgan fingerprint density at radius 1 is 1.08 bits per heavy atom. The molecule has 0 unspecified atom stereocenters. The Bertz CT molecular complexity index is 754. The van der Waals surface area contributed by atoms with Gasteiger partial charge >= 0.3 is 0 Å². The number of hydrogen-bond donors (Lipinski definition) is 0. The Balaban J connectivity index is 1.69. The molecule has 0 bridgehead atoms. The Labute approximate surface area is 150 Å². The van der Waals surface area contributed by atoms with Crippen LogP contribution in [0.15, 0.2) is 54.6 Å². The molecule has 0 saturated heterocycles. The van der Waals surface area contributed by atoms with Crippen LogP contribution < -0.4 is 4.90 Å². The largest absolute Gasteiger partial charge is 0.364 e. The van der Waals surface area contributed by atoms with Gasteiger partial charge in [-0.3, -0.25) is 4.79 Å². The SMILES string of the molecule is CC(=O)N(C1CC1)[C@H]1C[C@@H](C)N(Cc2ccccc2)c2ccccc21. The summed E-state index contributed by atoms with van der Waals surface area (Å²) in [6.45, 7) is 4.92. The van der Waals surface area contributed by atoms with Crippen molar-refractivity contribution in [1.29, 1.82) is 0 Å². The summed E-state index contributed by atoms with van der Waals surface area (Å²) in [5, 5.41) is 0. The van der Waals surface area contributed by atoms with Gasteiger partial charge in [0.2, 0.25) is 5.91 Å². The van der Waals surface area contributed by atoms with Crippen LogP contribution in [0.1, 0.15) is 50.3 Å². The molecular weight excluding hydrogens is 308 g/mol. The lowest BCUT2D eigenvalue weighted by Crippen LogP contribution is -2.45. The molecule has 2 aliphatic rings. The summed E-state index contributed by atoms with van der Waals surface area (Å²) in [5.74, 6) is 0.214. The number of para-hydroxylation sites is 1. The van der Waals surface area contributed by atoms with E-state index in [1.165, 1.54) is 16.8 Å². The van der Waals surface area contributed by atoms with Crippen LogP contribution in [0.25, 0.3) is 0 Å². The highest BCUT2D eigenvalue weighted by Gasteiger charge is 2.40. The highest BCUT2D eigenvalue weighted by molar-refractivity contribution is 5.75. The van der Waals surface area contributed by atoms with E-state index in [9.17, 15) is 4.79 Å². The predicted molar refractivity (Wildman–Crippen MR) is 101 cm³/mol. The highest BCUT2D eigenvalue weighted by Crippen LogP contribution is 2.44. The molecule has 3 heteroatoms. The summed E-state index contributed by atoms with van der Waals surface area (Å²) in [6, 6.07) is 20.3. The maximum atomic E-state index is 12.3.